The van der Waals surface area contributed by atoms with Gasteiger partial charge in [0.25, 0.3) is 5.91 Å². The second-order valence-corrected chi connectivity index (χ2v) is 4.34. The summed E-state index contributed by atoms with van der Waals surface area (Å²) in [5.74, 6) is -1.09. The van der Waals surface area contributed by atoms with Crippen LogP contribution in [0.15, 0.2) is 18.3 Å². The van der Waals surface area contributed by atoms with Gasteiger partial charge in [0.2, 0.25) is 5.95 Å². The molecular weight excluding hydrogens is 195 g/mol. The zero-order valence-corrected chi connectivity index (χ0v) is 8.59. The summed E-state index contributed by atoms with van der Waals surface area (Å²) in [4.78, 5) is 15.0. The quantitative estimate of drug-likeness (QED) is 0.769. The van der Waals surface area contributed by atoms with E-state index in [1.54, 1.807) is 6.07 Å². The Morgan fingerprint density at radius 2 is 2.40 bits per heavy atom. The predicted octanol–water partition coefficient (Wildman–Crippen LogP) is 1.75. The molecule has 3 nitrogen and oxygen atoms in total. The Kier molecular flexibility index (Phi) is 2.42. The molecule has 1 amide bonds. The maximum absolute atomic E-state index is 13.1. The van der Waals surface area contributed by atoms with Gasteiger partial charge in [-0.2, -0.15) is 4.39 Å². The van der Waals surface area contributed by atoms with E-state index in [2.05, 4.69) is 17.2 Å². The molecule has 1 N–H and O–H groups in total. The molecule has 1 aliphatic carbocycles. The van der Waals surface area contributed by atoms with Crippen LogP contribution in [0.3, 0.4) is 0 Å². The number of carbonyl (C=O) groups excluding carboxylic acids is 1. The fourth-order valence-electron chi connectivity index (χ4n) is 1.33. The summed E-state index contributed by atoms with van der Waals surface area (Å²) in [5.41, 5.74) is 0.246. The molecule has 1 saturated carbocycles. The molecule has 0 aliphatic heterocycles. The molecule has 1 aliphatic rings. The van der Waals surface area contributed by atoms with Gasteiger partial charge in [-0.3, -0.25) is 4.79 Å². The molecule has 15 heavy (non-hydrogen) atoms. The number of hydrogen-bond acceptors (Lipinski definition) is 2. The van der Waals surface area contributed by atoms with E-state index in [0.717, 1.165) is 12.8 Å². The normalized spacial score (nSPS) is 17.2. The fraction of sp³-hybridized carbons (Fsp3) is 0.455. The highest BCUT2D eigenvalue weighted by Gasteiger charge is 2.37. The topological polar surface area (TPSA) is 42.0 Å². The van der Waals surface area contributed by atoms with Gasteiger partial charge in [-0.25, -0.2) is 4.98 Å². The summed E-state index contributed by atoms with van der Waals surface area (Å²) >= 11 is 0. The Hall–Kier alpha value is -1.45. The predicted molar refractivity (Wildman–Crippen MR) is 53.9 cm³/mol. The Morgan fingerprint density at radius 1 is 1.67 bits per heavy atom. The number of pyridine rings is 1. The van der Waals surface area contributed by atoms with Gasteiger partial charge in [-0.1, -0.05) is 6.92 Å². The molecule has 0 radical (unpaired) electrons. The number of aromatic nitrogens is 1. The van der Waals surface area contributed by atoms with Crippen LogP contribution in [0.1, 0.15) is 30.1 Å². The number of nitrogens with one attached hydrogen (secondary N) is 1. The van der Waals surface area contributed by atoms with Gasteiger partial charge >= 0.3 is 0 Å². The molecular formula is C11H13FN2O. The first-order valence-electron chi connectivity index (χ1n) is 4.99. The van der Waals surface area contributed by atoms with Crippen molar-refractivity contribution in [2.75, 3.05) is 6.54 Å². The molecule has 0 aromatic carbocycles. The number of rotatable bonds is 3. The van der Waals surface area contributed by atoms with Crippen LogP contribution < -0.4 is 5.32 Å². The number of halogens is 1. The van der Waals surface area contributed by atoms with E-state index < -0.39 is 5.95 Å². The largest absolute Gasteiger partial charge is 0.351 e. The SMILES string of the molecule is CC1(CNC(=O)c2cccnc2F)CC1. The van der Waals surface area contributed by atoms with Crippen LogP contribution in [0.5, 0.6) is 0 Å². The van der Waals surface area contributed by atoms with Crippen molar-refractivity contribution in [1.82, 2.24) is 10.3 Å². The monoisotopic (exact) mass is 208 g/mol. The fourth-order valence-corrected chi connectivity index (χ4v) is 1.33. The molecule has 1 heterocycles. The van der Waals surface area contributed by atoms with Crippen LogP contribution in [-0.4, -0.2) is 17.4 Å². The van der Waals surface area contributed by atoms with Gasteiger partial charge in [0.05, 0.1) is 5.56 Å². The van der Waals surface area contributed by atoms with Gasteiger partial charge in [-0.15, -0.1) is 0 Å². The van der Waals surface area contributed by atoms with Crippen LogP contribution >= 0.6 is 0 Å². The summed E-state index contributed by atoms with van der Waals surface area (Å²) in [6.07, 6.45) is 3.58. The van der Waals surface area contributed by atoms with E-state index in [4.69, 9.17) is 0 Å². The lowest BCUT2D eigenvalue weighted by Crippen LogP contribution is -2.29. The molecule has 0 spiro atoms. The first-order valence-corrected chi connectivity index (χ1v) is 4.99. The minimum absolute atomic E-state index is 0.0155. The minimum atomic E-state index is -0.712. The average molecular weight is 208 g/mol. The second-order valence-electron chi connectivity index (χ2n) is 4.34. The van der Waals surface area contributed by atoms with Crippen LogP contribution in [-0.2, 0) is 0 Å². The van der Waals surface area contributed by atoms with Crippen molar-refractivity contribution in [3.05, 3.63) is 29.8 Å². The molecule has 80 valence electrons. The maximum atomic E-state index is 13.1. The van der Waals surface area contributed by atoms with Gasteiger partial charge in [0, 0.05) is 12.7 Å². The third kappa shape index (κ3) is 2.32. The second kappa shape index (κ2) is 3.61. The Labute approximate surface area is 87.7 Å². The summed E-state index contributed by atoms with van der Waals surface area (Å²) in [6, 6.07) is 2.99. The first-order chi connectivity index (χ1) is 7.11. The molecule has 1 fully saturated rings. The van der Waals surface area contributed by atoms with E-state index in [1.165, 1.54) is 12.3 Å². The van der Waals surface area contributed by atoms with Gasteiger partial charge in [0.1, 0.15) is 0 Å². The Morgan fingerprint density at radius 3 is 3.00 bits per heavy atom. The van der Waals surface area contributed by atoms with Crippen LogP contribution in [0, 0.1) is 11.4 Å². The van der Waals surface area contributed by atoms with Crippen molar-refractivity contribution in [2.24, 2.45) is 5.41 Å². The molecule has 4 heteroatoms. The average Bonchev–Trinajstić information content (AvgIpc) is 2.95. The van der Waals surface area contributed by atoms with E-state index >= 15 is 0 Å². The Balaban J connectivity index is 1.99. The van der Waals surface area contributed by atoms with Crippen molar-refractivity contribution >= 4 is 5.91 Å². The summed E-state index contributed by atoms with van der Waals surface area (Å²) < 4.78 is 13.1. The zero-order valence-electron chi connectivity index (χ0n) is 8.59. The minimum Gasteiger partial charge on any atom is -0.351 e. The maximum Gasteiger partial charge on any atom is 0.255 e. The van der Waals surface area contributed by atoms with Crippen LogP contribution in [0.2, 0.25) is 0 Å². The van der Waals surface area contributed by atoms with Gasteiger partial charge in [-0.05, 0) is 30.4 Å². The van der Waals surface area contributed by atoms with Crippen molar-refractivity contribution in [3.8, 4) is 0 Å². The third-order valence-corrected chi connectivity index (χ3v) is 2.78. The van der Waals surface area contributed by atoms with Crippen LogP contribution in [0.25, 0.3) is 0 Å². The number of amides is 1. The van der Waals surface area contributed by atoms with E-state index in [9.17, 15) is 9.18 Å². The Bertz CT molecular complexity index is 388. The smallest absolute Gasteiger partial charge is 0.255 e. The van der Waals surface area contributed by atoms with Crippen molar-refractivity contribution < 1.29 is 9.18 Å². The highest BCUT2D eigenvalue weighted by atomic mass is 19.1. The summed E-state index contributed by atoms with van der Waals surface area (Å²) in [6.45, 7) is 2.72. The van der Waals surface area contributed by atoms with Crippen LogP contribution in [0.4, 0.5) is 4.39 Å². The number of nitrogens with zero attached hydrogens (tertiary/aromatic N) is 1. The number of carbonyl (C=O) groups is 1. The number of hydrogen-bond donors (Lipinski definition) is 1. The first kappa shape index (κ1) is 10.1. The molecule has 1 aromatic rings. The lowest BCUT2D eigenvalue weighted by molar-refractivity contribution is 0.0941. The van der Waals surface area contributed by atoms with Crippen molar-refractivity contribution in [3.63, 3.8) is 0 Å². The summed E-state index contributed by atoms with van der Waals surface area (Å²) in [5, 5.41) is 2.72. The molecule has 2 rings (SSSR count). The summed E-state index contributed by atoms with van der Waals surface area (Å²) in [7, 11) is 0. The lowest BCUT2D eigenvalue weighted by Gasteiger charge is -2.09. The molecule has 0 saturated heterocycles. The zero-order chi connectivity index (χ0) is 10.9. The van der Waals surface area contributed by atoms with E-state index in [1.807, 2.05) is 0 Å². The molecule has 0 unspecified atom stereocenters. The van der Waals surface area contributed by atoms with E-state index in [-0.39, 0.29) is 16.9 Å². The van der Waals surface area contributed by atoms with Crippen molar-refractivity contribution in [2.45, 2.75) is 19.8 Å². The standard InChI is InChI=1S/C11H13FN2O/c1-11(4-5-11)7-14-10(15)8-3-2-6-13-9(8)12/h2-3,6H,4-5,7H2,1H3,(H,14,15). The highest BCUT2D eigenvalue weighted by molar-refractivity contribution is 5.94. The van der Waals surface area contributed by atoms with E-state index in [0.29, 0.717) is 6.54 Å². The van der Waals surface area contributed by atoms with Gasteiger partial charge in [0.15, 0.2) is 0 Å². The van der Waals surface area contributed by atoms with Gasteiger partial charge < -0.3 is 5.32 Å². The third-order valence-electron chi connectivity index (χ3n) is 2.78. The lowest BCUT2D eigenvalue weighted by atomic mass is 10.1. The highest BCUT2D eigenvalue weighted by Crippen LogP contribution is 2.44. The molecule has 1 aromatic heterocycles. The molecule has 0 atom stereocenters. The molecule has 0 bridgehead atoms. The van der Waals surface area contributed by atoms with Crippen molar-refractivity contribution in [1.29, 1.82) is 0 Å².